The summed E-state index contributed by atoms with van der Waals surface area (Å²) >= 11 is 11.7. The van der Waals surface area contributed by atoms with Gasteiger partial charge in [0, 0.05) is 4.47 Å². The standard InChI is InChI=1S/C17H11Br3N2O2S/c1-24-15-12(19)5-9(6-13(15)20)7-14-16(23)22-17(25-14)21-11-4-2-3-10(18)8-11/h2-8H,1H3,(H,21,22,23)/b14-7-. The summed E-state index contributed by atoms with van der Waals surface area (Å²) in [5.74, 6) is 0.546. The number of hydrogen-bond donors (Lipinski definition) is 1. The lowest BCUT2D eigenvalue weighted by Crippen LogP contribution is -2.19. The first-order valence-electron chi connectivity index (χ1n) is 7.04. The third kappa shape index (κ3) is 4.55. The highest BCUT2D eigenvalue weighted by molar-refractivity contribution is 9.11. The van der Waals surface area contributed by atoms with E-state index in [9.17, 15) is 4.79 Å². The van der Waals surface area contributed by atoms with Crippen LogP contribution in [0.15, 0.2) is 59.7 Å². The predicted molar refractivity (Wildman–Crippen MR) is 113 cm³/mol. The van der Waals surface area contributed by atoms with Gasteiger partial charge in [-0.2, -0.15) is 0 Å². The maximum Gasteiger partial charge on any atom is 0.264 e. The highest BCUT2D eigenvalue weighted by Gasteiger charge is 2.24. The Morgan fingerprint density at radius 3 is 2.52 bits per heavy atom. The molecule has 0 aliphatic carbocycles. The van der Waals surface area contributed by atoms with Gasteiger partial charge in [-0.3, -0.25) is 4.79 Å². The largest absolute Gasteiger partial charge is 0.494 e. The fourth-order valence-electron chi connectivity index (χ4n) is 2.15. The van der Waals surface area contributed by atoms with Crippen LogP contribution in [0.1, 0.15) is 5.56 Å². The second-order valence-corrected chi connectivity index (χ2v) is 8.63. The summed E-state index contributed by atoms with van der Waals surface area (Å²) in [6.07, 6.45) is 1.82. The second-order valence-electron chi connectivity index (χ2n) is 4.98. The van der Waals surface area contributed by atoms with Gasteiger partial charge in [-0.15, -0.1) is 0 Å². The first-order chi connectivity index (χ1) is 12.0. The third-order valence-corrected chi connectivity index (χ3v) is 5.79. The van der Waals surface area contributed by atoms with Gasteiger partial charge in [-0.1, -0.05) is 22.0 Å². The van der Waals surface area contributed by atoms with E-state index in [1.807, 2.05) is 42.5 Å². The molecule has 1 aliphatic heterocycles. The summed E-state index contributed by atoms with van der Waals surface area (Å²) in [5.41, 5.74) is 1.65. The van der Waals surface area contributed by atoms with E-state index >= 15 is 0 Å². The molecule has 0 atom stereocenters. The van der Waals surface area contributed by atoms with Crippen molar-refractivity contribution in [2.24, 2.45) is 4.99 Å². The Balaban J connectivity index is 1.87. The van der Waals surface area contributed by atoms with Gasteiger partial charge in [-0.25, -0.2) is 4.99 Å². The smallest absolute Gasteiger partial charge is 0.264 e. The SMILES string of the molecule is COc1c(Br)cc(/C=C2\SC(=Nc3cccc(Br)c3)NC2=O)cc1Br. The summed E-state index contributed by atoms with van der Waals surface area (Å²) in [6.45, 7) is 0. The zero-order valence-electron chi connectivity index (χ0n) is 12.8. The molecule has 3 rings (SSSR count). The summed E-state index contributed by atoms with van der Waals surface area (Å²) < 4.78 is 7.85. The van der Waals surface area contributed by atoms with E-state index in [0.717, 1.165) is 24.7 Å². The van der Waals surface area contributed by atoms with Crippen molar-refractivity contribution in [2.75, 3.05) is 7.11 Å². The van der Waals surface area contributed by atoms with Crippen LogP contribution in [-0.2, 0) is 4.79 Å². The Kier molecular flexibility index (Phi) is 6.04. The van der Waals surface area contributed by atoms with Crippen molar-refractivity contribution in [2.45, 2.75) is 0 Å². The molecule has 0 spiro atoms. The normalized spacial score (nSPS) is 17.2. The molecule has 1 heterocycles. The number of hydrogen-bond acceptors (Lipinski definition) is 4. The van der Waals surface area contributed by atoms with Crippen molar-refractivity contribution in [1.29, 1.82) is 0 Å². The lowest BCUT2D eigenvalue weighted by atomic mass is 10.2. The fraction of sp³-hybridized carbons (Fsp3) is 0.0588. The second kappa shape index (κ2) is 8.07. The molecule has 0 bridgehead atoms. The summed E-state index contributed by atoms with van der Waals surface area (Å²) in [4.78, 5) is 17.2. The van der Waals surface area contributed by atoms with E-state index in [-0.39, 0.29) is 5.91 Å². The van der Waals surface area contributed by atoms with E-state index in [1.54, 1.807) is 7.11 Å². The van der Waals surface area contributed by atoms with Gasteiger partial charge in [-0.05, 0) is 85.6 Å². The van der Waals surface area contributed by atoms with Gasteiger partial charge in [0.2, 0.25) is 0 Å². The highest BCUT2D eigenvalue weighted by Crippen LogP contribution is 2.36. The number of aliphatic imine (C=N–C) groups is 1. The van der Waals surface area contributed by atoms with Crippen molar-refractivity contribution >= 4 is 82.4 Å². The topological polar surface area (TPSA) is 50.7 Å². The van der Waals surface area contributed by atoms with Crippen LogP contribution in [0.3, 0.4) is 0 Å². The minimum Gasteiger partial charge on any atom is -0.494 e. The Morgan fingerprint density at radius 2 is 1.88 bits per heavy atom. The number of amidine groups is 1. The molecule has 0 aromatic heterocycles. The number of methoxy groups -OCH3 is 1. The fourth-order valence-corrected chi connectivity index (χ4v) is 4.93. The molecular formula is C17H11Br3N2O2S. The van der Waals surface area contributed by atoms with Gasteiger partial charge in [0.25, 0.3) is 5.91 Å². The van der Waals surface area contributed by atoms with Crippen LogP contribution in [0.25, 0.3) is 6.08 Å². The Labute approximate surface area is 174 Å². The molecule has 1 saturated heterocycles. The molecule has 128 valence electrons. The predicted octanol–water partition coefficient (Wildman–Crippen LogP) is 5.87. The van der Waals surface area contributed by atoms with E-state index < -0.39 is 0 Å². The van der Waals surface area contributed by atoms with Gasteiger partial charge in [0.05, 0.1) is 26.6 Å². The number of ether oxygens (including phenoxy) is 1. The molecule has 1 fully saturated rings. The van der Waals surface area contributed by atoms with Crippen LogP contribution < -0.4 is 10.1 Å². The van der Waals surface area contributed by atoms with Crippen LogP contribution in [-0.4, -0.2) is 18.2 Å². The maximum atomic E-state index is 12.2. The number of carbonyl (C=O) groups is 1. The van der Waals surface area contributed by atoms with Crippen molar-refractivity contribution < 1.29 is 9.53 Å². The number of nitrogens with one attached hydrogen (secondary N) is 1. The summed E-state index contributed by atoms with van der Waals surface area (Å²) in [5, 5.41) is 3.34. The molecule has 25 heavy (non-hydrogen) atoms. The number of carbonyl (C=O) groups excluding carboxylic acids is 1. The summed E-state index contributed by atoms with van der Waals surface area (Å²) in [7, 11) is 1.61. The van der Waals surface area contributed by atoms with Crippen LogP contribution >= 0.6 is 59.6 Å². The zero-order valence-corrected chi connectivity index (χ0v) is 18.4. The molecule has 1 amide bonds. The summed E-state index contributed by atoms with van der Waals surface area (Å²) in [6, 6.07) is 11.4. The first-order valence-corrected chi connectivity index (χ1v) is 10.2. The number of nitrogens with zero attached hydrogens (tertiary/aromatic N) is 1. The quantitative estimate of drug-likeness (QED) is 0.490. The number of benzene rings is 2. The van der Waals surface area contributed by atoms with E-state index in [0.29, 0.717) is 15.8 Å². The van der Waals surface area contributed by atoms with Gasteiger partial charge < -0.3 is 10.1 Å². The van der Waals surface area contributed by atoms with Crippen molar-refractivity contribution in [3.8, 4) is 5.75 Å². The first kappa shape index (κ1) is 18.7. The van der Waals surface area contributed by atoms with Crippen LogP contribution in [0.4, 0.5) is 5.69 Å². The molecule has 8 heteroatoms. The molecule has 0 radical (unpaired) electrons. The minimum atomic E-state index is -0.165. The minimum absolute atomic E-state index is 0.165. The highest BCUT2D eigenvalue weighted by atomic mass is 79.9. The number of halogens is 3. The Morgan fingerprint density at radius 1 is 1.16 bits per heavy atom. The molecule has 2 aromatic carbocycles. The number of rotatable bonds is 3. The third-order valence-electron chi connectivity index (χ3n) is 3.21. The zero-order chi connectivity index (χ0) is 18.0. The molecule has 1 aliphatic rings. The molecule has 1 N–H and O–H groups in total. The van der Waals surface area contributed by atoms with Crippen LogP contribution in [0.2, 0.25) is 0 Å². The van der Waals surface area contributed by atoms with E-state index in [4.69, 9.17) is 4.74 Å². The average Bonchev–Trinajstić information content (AvgIpc) is 2.86. The van der Waals surface area contributed by atoms with Crippen molar-refractivity contribution in [3.05, 3.63) is 60.3 Å². The molecule has 0 unspecified atom stereocenters. The van der Waals surface area contributed by atoms with Gasteiger partial charge in [0.15, 0.2) is 5.17 Å². The molecule has 2 aromatic rings. The lowest BCUT2D eigenvalue weighted by molar-refractivity contribution is -0.115. The Bertz CT molecular complexity index is 890. The number of amides is 1. The van der Waals surface area contributed by atoms with E-state index in [1.165, 1.54) is 11.8 Å². The van der Waals surface area contributed by atoms with Crippen LogP contribution in [0, 0.1) is 0 Å². The lowest BCUT2D eigenvalue weighted by Gasteiger charge is -2.07. The average molecular weight is 547 g/mol. The van der Waals surface area contributed by atoms with Crippen LogP contribution in [0.5, 0.6) is 5.75 Å². The molecule has 0 saturated carbocycles. The van der Waals surface area contributed by atoms with Crippen molar-refractivity contribution in [1.82, 2.24) is 5.32 Å². The van der Waals surface area contributed by atoms with Gasteiger partial charge >= 0.3 is 0 Å². The van der Waals surface area contributed by atoms with E-state index in [2.05, 4.69) is 58.1 Å². The molecule has 4 nitrogen and oxygen atoms in total. The number of thioether (sulfide) groups is 1. The monoisotopic (exact) mass is 544 g/mol. The Hall–Kier alpha value is -1.09. The maximum absolute atomic E-state index is 12.2. The van der Waals surface area contributed by atoms with Crippen molar-refractivity contribution in [3.63, 3.8) is 0 Å². The van der Waals surface area contributed by atoms with Gasteiger partial charge in [0.1, 0.15) is 5.75 Å². The molecular weight excluding hydrogens is 536 g/mol.